The molecule has 0 spiro atoms. The summed E-state index contributed by atoms with van der Waals surface area (Å²) in [5.74, 6) is -0.518. The first kappa shape index (κ1) is 17.8. The molecule has 0 aliphatic heterocycles. The topological polar surface area (TPSA) is 50.2 Å². The van der Waals surface area contributed by atoms with Gasteiger partial charge in [-0.05, 0) is 43.8 Å². The number of carbonyl (C=O) groups is 1. The maximum absolute atomic E-state index is 13.6. The van der Waals surface area contributed by atoms with Gasteiger partial charge in [-0.1, -0.05) is 24.3 Å². The molecule has 1 aromatic heterocycles. The lowest BCUT2D eigenvalue weighted by atomic mass is 10.2. The number of aryl methyl sites for hydroxylation is 1. The Kier molecular flexibility index (Phi) is 5.43. The summed E-state index contributed by atoms with van der Waals surface area (Å²) in [6.07, 6.45) is 3.73. The van der Waals surface area contributed by atoms with E-state index in [-0.39, 0.29) is 18.3 Å². The van der Waals surface area contributed by atoms with Gasteiger partial charge in [-0.25, -0.2) is 9.07 Å². The van der Waals surface area contributed by atoms with E-state index >= 15 is 0 Å². The lowest BCUT2D eigenvalue weighted by Gasteiger charge is -2.15. The van der Waals surface area contributed by atoms with E-state index in [2.05, 4.69) is 10.4 Å². The van der Waals surface area contributed by atoms with Gasteiger partial charge in [0.1, 0.15) is 5.82 Å². The normalized spacial score (nSPS) is 10.9. The first-order chi connectivity index (χ1) is 12.5. The highest BCUT2D eigenvalue weighted by Crippen LogP contribution is 2.14. The van der Waals surface area contributed by atoms with Crippen LogP contribution in [-0.4, -0.2) is 34.2 Å². The number of hydrogen-bond donors (Lipinski definition) is 1. The fraction of sp³-hybridized carbons (Fsp3) is 0.200. The number of aromatic nitrogens is 2. The van der Waals surface area contributed by atoms with Crippen molar-refractivity contribution in [3.63, 3.8) is 0 Å². The monoisotopic (exact) mass is 352 g/mol. The number of hydrogen-bond acceptors (Lipinski definition) is 3. The number of amides is 1. The molecule has 134 valence electrons. The lowest BCUT2D eigenvalue weighted by Crippen LogP contribution is -2.29. The molecule has 1 heterocycles. The molecule has 0 atom stereocenters. The Morgan fingerprint density at radius 2 is 2.00 bits per heavy atom. The second-order valence-corrected chi connectivity index (χ2v) is 6.31. The standard InChI is InChI=1S/C20H21FN4O/c1-15-8-9-17(10-19(15)21)23-20(26)14-24(2)12-16-11-22-25(13-16)18-6-4-3-5-7-18/h3-11,13H,12,14H2,1-2H3,(H,23,26). The van der Waals surface area contributed by atoms with Crippen LogP contribution in [-0.2, 0) is 11.3 Å². The average molecular weight is 352 g/mol. The van der Waals surface area contributed by atoms with Crippen LogP contribution in [0.3, 0.4) is 0 Å². The molecule has 0 fully saturated rings. The highest BCUT2D eigenvalue weighted by atomic mass is 19.1. The number of anilines is 1. The summed E-state index contributed by atoms with van der Waals surface area (Å²) in [6, 6.07) is 14.5. The summed E-state index contributed by atoms with van der Waals surface area (Å²) < 4.78 is 15.4. The van der Waals surface area contributed by atoms with Crippen molar-refractivity contribution >= 4 is 11.6 Å². The molecule has 0 saturated heterocycles. The quantitative estimate of drug-likeness (QED) is 0.740. The van der Waals surface area contributed by atoms with Crippen LogP contribution >= 0.6 is 0 Å². The van der Waals surface area contributed by atoms with Gasteiger partial charge >= 0.3 is 0 Å². The van der Waals surface area contributed by atoms with E-state index in [1.54, 1.807) is 29.9 Å². The molecule has 5 nitrogen and oxygen atoms in total. The molecule has 6 heteroatoms. The number of nitrogens with one attached hydrogen (secondary N) is 1. The zero-order valence-electron chi connectivity index (χ0n) is 14.8. The average Bonchev–Trinajstić information content (AvgIpc) is 3.07. The van der Waals surface area contributed by atoms with Crippen LogP contribution in [0.4, 0.5) is 10.1 Å². The van der Waals surface area contributed by atoms with Crippen molar-refractivity contribution in [3.8, 4) is 5.69 Å². The molecule has 1 N–H and O–H groups in total. The minimum absolute atomic E-state index is 0.189. The zero-order chi connectivity index (χ0) is 18.5. The van der Waals surface area contributed by atoms with Gasteiger partial charge in [0.25, 0.3) is 0 Å². The van der Waals surface area contributed by atoms with Crippen LogP contribution in [0, 0.1) is 12.7 Å². The first-order valence-electron chi connectivity index (χ1n) is 8.35. The van der Waals surface area contributed by atoms with Gasteiger partial charge in [-0.15, -0.1) is 0 Å². The molecule has 26 heavy (non-hydrogen) atoms. The highest BCUT2D eigenvalue weighted by molar-refractivity contribution is 5.92. The van der Waals surface area contributed by atoms with Gasteiger partial charge < -0.3 is 5.32 Å². The lowest BCUT2D eigenvalue weighted by molar-refractivity contribution is -0.117. The van der Waals surface area contributed by atoms with Gasteiger partial charge in [-0.2, -0.15) is 5.10 Å². The maximum atomic E-state index is 13.6. The highest BCUT2D eigenvalue weighted by Gasteiger charge is 2.10. The molecule has 3 aromatic rings. The fourth-order valence-corrected chi connectivity index (χ4v) is 2.65. The van der Waals surface area contributed by atoms with Crippen molar-refractivity contribution in [2.75, 3.05) is 18.9 Å². The molecule has 3 rings (SSSR count). The largest absolute Gasteiger partial charge is 0.325 e. The predicted octanol–water partition coefficient (Wildman–Crippen LogP) is 3.39. The van der Waals surface area contributed by atoms with Crippen LogP contribution < -0.4 is 5.32 Å². The predicted molar refractivity (Wildman–Crippen MR) is 99.7 cm³/mol. The van der Waals surface area contributed by atoms with Crippen LogP contribution in [0.2, 0.25) is 0 Å². The molecule has 1 amide bonds. The SMILES string of the molecule is Cc1ccc(NC(=O)CN(C)Cc2cnn(-c3ccccc3)c2)cc1F. The molecule has 0 bridgehead atoms. The fourth-order valence-electron chi connectivity index (χ4n) is 2.65. The molecule has 0 saturated carbocycles. The van der Waals surface area contributed by atoms with E-state index < -0.39 is 0 Å². The van der Waals surface area contributed by atoms with E-state index in [1.807, 2.05) is 48.5 Å². The molecule has 0 radical (unpaired) electrons. The summed E-state index contributed by atoms with van der Waals surface area (Å²) in [5, 5.41) is 7.07. The van der Waals surface area contributed by atoms with Crippen molar-refractivity contribution in [3.05, 3.63) is 77.9 Å². The Morgan fingerprint density at radius 1 is 1.23 bits per heavy atom. The van der Waals surface area contributed by atoms with Crippen LogP contribution in [0.1, 0.15) is 11.1 Å². The van der Waals surface area contributed by atoms with E-state index in [9.17, 15) is 9.18 Å². The van der Waals surface area contributed by atoms with E-state index in [0.717, 1.165) is 11.3 Å². The van der Waals surface area contributed by atoms with Gasteiger partial charge in [0.2, 0.25) is 5.91 Å². The third kappa shape index (κ3) is 4.55. The Bertz CT molecular complexity index is 892. The van der Waals surface area contributed by atoms with Crippen molar-refractivity contribution < 1.29 is 9.18 Å². The van der Waals surface area contributed by atoms with E-state index in [0.29, 0.717) is 17.8 Å². The van der Waals surface area contributed by atoms with Gasteiger partial charge in [0.05, 0.1) is 18.4 Å². The van der Waals surface area contributed by atoms with Crippen molar-refractivity contribution in [1.82, 2.24) is 14.7 Å². The van der Waals surface area contributed by atoms with Crippen molar-refractivity contribution in [2.45, 2.75) is 13.5 Å². The van der Waals surface area contributed by atoms with E-state index in [1.165, 1.54) is 6.07 Å². The second-order valence-electron chi connectivity index (χ2n) is 6.31. The Hall–Kier alpha value is -2.99. The third-order valence-electron chi connectivity index (χ3n) is 3.98. The first-order valence-corrected chi connectivity index (χ1v) is 8.35. The minimum Gasteiger partial charge on any atom is -0.325 e. The summed E-state index contributed by atoms with van der Waals surface area (Å²) in [6.45, 7) is 2.47. The van der Waals surface area contributed by atoms with Crippen molar-refractivity contribution in [2.24, 2.45) is 0 Å². The molecule has 0 aliphatic carbocycles. The van der Waals surface area contributed by atoms with Crippen LogP contribution in [0.5, 0.6) is 0 Å². The van der Waals surface area contributed by atoms with E-state index in [4.69, 9.17) is 0 Å². The smallest absolute Gasteiger partial charge is 0.238 e. The van der Waals surface area contributed by atoms with Crippen LogP contribution in [0.25, 0.3) is 5.69 Å². The van der Waals surface area contributed by atoms with Gasteiger partial charge in [0.15, 0.2) is 0 Å². The molecular weight excluding hydrogens is 331 g/mol. The molecule has 0 unspecified atom stereocenters. The van der Waals surface area contributed by atoms with Crippen molar-refractivity contribution in [1.29, 1.82) is 0 Å². The van der Waals surface area contributed by atoms with Gasteiger partial charge in [0, 0.05) is 24.0 Å². The number of halogens is 1. The summed E-state index contributed by atoms with van der Waals surface area (Å²) in [4.78, 5) is 14.0. The number of para-hydroxylation sites is 1. The Labute approximate surface area is 152 Å². The third-order valence-corrected chi connectivity index (χ3v) is 3.98. The zero-order valence-corrected chi connectivity index (χ0v) is 14.8. The Balaban J connectivity index is 1.55. The number of rotatable bonds is 6. The molecule has 2 aromatic carbocycles. The molecular formula is C20H21FN4O. The summed E-state index contributed by atoms with van der Waals surface area (Å²) in [5.41, 5.74) is 3.00. The Morgan fingerprint density at radius 3 is 2.73 bits per heavy atom. The maximum Gasteiger partial charge on any atom is 0.238 e. The molecule has 0 aliphatic rings. The van der Waals surface area contributed by atoms with Gasteiger partial charge in [-0.3, -0.25) is 9.69 Å². The summed E-state index contributed by atoms with van der Waals surface area (Å²) in [7, 11) is 1.86. The van der Waals surface area contributed by atoms with Crippen LogP contribution in [0.15, 0.2) is 60.9 Å². The number of nitrogens with zero attached hydrogens (tertiary/aromatic N) is 3. The summed E-state index contributed by atoms with van der Waals surface area (Å²) >= 11 is 0. The number of likely N-dealkylation sites (N-methyl/N-ethyl adjacent to an activating group) is 1. The second kappa shape index (κ2) is 7.93. The number of benzene rings is 2. The minimum atomic E-state index is -0.329. The number of carbonyl (C=O) groups excluding carboxylic acids is 1.